The van der Waals surface area contributed by atoms with Gasteiger partial charge in [0.15, 0.2) is 9.84 Å². The van der Waals surface area contributed by atoms with Crippen LogP contribution in [0.15, 0.2) is 10.7 Å². The lowest BCUT2D eigenvalue weighted by molar-refractivity contribution is 0.595. The zero-order valence-corrected chi connectivity index (χ0v) is 11.5. The van der Waals surface area contributed by atoms with Crippen LogP contribution < -0.4 is 11.1 Å². The van der Waals surface area contributed by atoms with E-state index in [1.54, 1.807) is 6.07 Å². The number of hydrogen-bond acceptors (Lipinski definition) is 6. The molecule has 1 saturated heterocycles. The van der Waals surface area contributed by atoms with Crippen LogP contribution in [-0.2, 0) is 9.84 Å². The Labute approximate surface area is 108 Å². The summed E-state index contributed by atoms with van der Waals surface area (Å²) in [7, 11) is -2.83. The van der Waals surface area contributed by atoms with Gasteiger partial charge in [0.25, 0.3) is 0 Å². The molecule has 0 aliphatic carbocycles. The zero-order valence-electron chi connectivity index (χ0n) is 9.06. The summed E-state index contributed by atoms with van der Waals surface area (Å²) in [6.07, 6.45) is 0.693. The predicted octanol–water partition coefficient (Wildman–Crippen LogP) is 0.668. The number of aromatic nitrogens is 2. The Balaban J connectivity index is 1.94. The van der Waals surface area contributed by atoms with E-state index in [1.165, 1.54) is 0 Å². The maximum absolute atomic E-state index is 11.3. The molecule has 0 amide bonds. The van der Waals surface area contributed by atoms with Gasteiger partial charge in [0.1, 0.15) is 10.4 Å². The molecule has 0 aromatic carbocycles. The molecule has 0 bridgehead atoms. The minimum Gasteiger partial charge on any atom is -0.383 e. The molecule has 0 saturated carbocycles. The van der Waals surface area contributed by atoms with E-state index in [2.05, 4.69) is 31.2 Å². The normalized spacial score (nSPS) is 22.5. The van der Waals surface area contributed by atoms with Crippen molar-refractivity contribution in [1.29, 1.82) is 0 Å². The lowest BCUT2D eigenvalue weighted by Gasteiger charge is -2.09. The van der Waals surface area contributed by atoms with Gasteiger partial charge in [-0.1, -0.05) is 0 Å². The molecule has 6 nitrogen and oxygen atoms in total. The summed E-state index contributed by atoms with van der Waals surface area (Å²) in [5.41, 5.74) is 5.57. The third kappa shape index (κ3) is 3.53. The Hall–Kier alpha value is -0.890. The van der Waals surface area contributed by atoms with Gasteiger partial charge in [-0.15, -0.1) is 0 Å². The number of sulfone groups is 1. The molecule has 0 radical (unpaired) electrons. The highest BCUT2D eigenvalue weighted by Gasteiger charge is 2.27. The van der Waals surface area contributed by atoms with Crippen LogP contribution in [0, 0.1) is 5.92 Å². The molecule has 8 heteroatoms. The second-order valence-electron chi connectivity index (χ2n) is 4.09. The Morgan fingerprint density at radius 1 is 1.53 bits per heavy atom. The molecule has 1 aromatic heterocycles. The predicted molar refractivity (Wildman–Crippen MR) is 69.4 cm³/mol. The minimum atomic E-state index is -2.83. The molecule has 1 aromatic rings. The molecule has 1 fully saturated rings. The monoisotopic (exact) mass is 320 g/mol. The summed E-state index contributed by atoms with van der Waals surface area (Å²) < 4.78 is 23.2. The average molecular weight is 321 g/mol. The molecular formula is C9H13BrN4O2S. The van der Waals surface area contributed by atoms with Crippen molar-refractivity contribution in [2.24, 2.45) is 5.92 Å². The highest BCUT2D eigenvalue weighted by molar-refractivity contribution is 9.10. The van der Waals surface area contributed by atoms with Gasteiger partial charge >= 0.3 is 0 Å². The van der Waals surface area contributed by atoms with Crippen LogP contribution in [0.5, 0.6) is 0 Å². The van der Waals surface area contributed by atoms with E-state index in [-0.39, 0.29) is 17.4 Å². The summed E-state index contributed by atoms with van der Waals surface area (Å²) in [4.78, 5) is 8.10. The van der Waals surface area contributed by atoms with Crippen molar-refractivity contribution in [1.82, 2.24) is 9.97 Å². The number of nitrogen functional groups attached to an aromatic ring is 1. The van der Waals surface area contributed by atoms with Gasteiger partial charge in [0, 0.05) is 12.6 Å². The van der Waals surface area contributed by atoms with Crippen molar-refractivity contribution >= 4 is 37.5 Å². The molecule has 17 heavy (non-hydrogen) atoms. The molecule has 1 aliphatic rings. The van der Waals surface area contributed by atoms with Gasteiger partial charge in [-0.25, -0.2) is 13.4 Å². The molecule has 0 spiro atoms. The molecular weight excluding hydrogens is 308 g/mol. The number of anilines is 2. The van der Waals surface area contributed by atoms with Crippen molar-refractivity contribution in [3.63, 3.8) is 0 Å². The van der Waals surface area contributed by atoms with Crippen molar-refractivity contribution in [3.8, 4) is 0 Å². The summed E-state index contributed by atoms with van der Waals surface area (Å²) in [6.45, 7) is 0.551. The largest absolute Gasteiger partial charge is 0.383 e. The summed E-state index contributed by atoms with van der Waals surface area (Å²) >= 11 is 3.22. The van der Waals surface area contributed by atoms with Gasteiger partial charge in [-0.3, -0.25) is 0 Å². The lowest BCUT2D eigenvalue weighted by atomic mass is 10.1. The lowest BCUT2D eigenvalue weighted by Crippen LogP contribution is -2.17. The van der Waals surface area contributed by atoms with Crippen LogP contribution in [0.3, 0.4) is 0 Å². The fourth-order valence-corrected chi connectivity index (χ4v) is 4.05. The van der Waals surface area contributed by atoms with Crippen LogP contribution in [0.25, 0.3) is 0 Å². The van der Waals surface area contributed by atoms with Crippen LogP contribution in [0.4, 0.5) is 11.8 Å². The topological polar surface area (TPSA) is 98.0 Å². The first-order chi connectivity index (χ1) is 7.94. The maximum atomic E-state index is 11.3. The molecule has 2 heterocycles. The highest BCUT2D eigenvalue weighted by Crippen LogP contribution is 2.19. The second kappa shape index (κ2) is 4.77. The van der Waals surface area contributed by atoms with E-state index in [0.29, 0.717) is 29.3 Å². The van der Waals surface area contributed by atoms with Crippen molar-refractivity contribution in [3.05, 3.63) is 10.7 Å². The molecule has 1 aliphatic heterocycles. The van der Waals surface area contributed by atoms with E-state index >= 15 is 0 Å². The Morgan fingerprint density at radius 3 is 2.88 bits per heavy atom. The number of nitrogens with zero attached hydrogens (tertiary/aromatic N) is 2. The first kappa shape index (κ1) is 12.6. The van der Waals surface area contributed by atoms with Crippen LogP contribution in [-0.4, -0.2) is 36.4 Å². The van der Waals surface area contributed by atoms with Gasteiger partial charge in [0.2, 0.25) is 5.95 Å². The van der Waals surface area contributed by atoms with E-state index in [4.69, 9.17) is 5.73 Å². The first-order valence-electron chi connectivity index (χ1n) is 5.19. The SMILES string of the molecule is Nc1cc(Br)nc(NCC2CCS(=O)(=O)C2)n1. The standard InChI is InChI=1S/C9H13BrN4O2S/c10-7-3-8(11)14-9(13-7)12-4-6-1-2-17(15,16)5-6/h3,6H,1-2,4-5H2,(H3,11,12,13,14). The van der Waals surface area contributed by atoms with Gasteiger partial charge < -0.3 is 11.1 Å². The summed E-state index contributed by atoms with van der Waals surface area (Å²) in [6, 6.07) is 1.60. The fraction of sp³-hybridized carbons (Fsp3) is 0.556. The van der Waals surface area contributed by atoms with Crippen molar-refractivity contribution in [2.75, 3.05) is 29.1 Å². The summed E-state index contributed by atoms with van der Waals surface area (Å²) in [5.74, 6) is 1.43. The third-order valence-corrected chi connectivity index (χ3v) is 4.83. The van der Waals surface area contributed by atoms with Gasteiger partial charge in [0.05, 0.1) is 11.5 Å². The zero-order chi connectivity index (χ0) is 12.5. The van der Waals surface area contributed by atoms with Crippen molar-refractivity contribution in [2.45, 2.75) is 6.42 Å². The Bertz CT molecular complexity index is 499. The van der Waals surface area contributed by atoms with E-state index in [0.717, 1.165) is 0 Å². The Morgan fingerprint density at radius 2 is 2.29 bits per heavy atom. The minimum absolute atomic E-state index is 0.129. The molecule has 1 atom stereocenters. The van der Waals surface area contributed by atoms with E-state index in [9.17, 15) is 8.42 Å². The van der Waals surface area contributed by atoms with Crippen molar-refractivity contribution < 1.29 is 8.42 Å². The van der Waals surface area contributed by atoms with Crippen LogP contribution >= 0.6 is 15.9 Å². The fourth-order valence-electron chi connectivity index (χ4n) is 1.78. The number of nitrogens with one attached hydrogen (secondary N) is 1. The Kier molecular flexibility index (Phi) is 3.53. The first-order valence-corrected chi connectivity index (χ1v) is 7.80. The van der Waals surface area contributed by atoms with Crippen LogP contribution in [0.1, 0.15) is 6.42 Å². The number of rotatable bonds is 3. The van der Waals surface area contributed by atoms with Gasteiger partial charge in [-0.2, -0.15) is 4.98 Å². The van der Waals surface area contributed by atoms with Crippen LogP contribution in [0.2, 0.25) is 0 Å². The maximum Gasteiger partial charge on any atom is 0.225 e. The van der Waals surface area contributed by atoms with Gasteiger partial charge in [-0.05, 0) is 28.3 Å². The number of hydrogen-bond donors (Lipinski definition) is 2. The highest BCUT2D eigenvalue weighted by atomic mass is 79.9. The van der Waals surface area contributed by atoms with E-state index in [1.807, 2.05) is 0 Å². The molecule has 2 rings (SSSR count). The van der Waals surface area contributed by atoms with E-state index < -0.39 is 9.84 Å². The third-order valence-electron chi connectivity index (χ3n) is 2.59. The smallest absolute Gasteiger partial charge is 0.225 e. The average Bonchev–Trinajstić information content (AvgIpc) is 2.54. The number of nitrogens with two attached hydrogens (primary N) is 1. The number of halogens is 1. The summed E-state index contributed by atoms with van der Waals surface area (Å²) in [5, 5.41) is 3.01. The molecule has 1 unspecified atom stereocenters. The molecule has 3 N–H and O–H groups in total. The molecule has 94 valence electrons. The quantitative estimate of drug-likeness (QED) is 0.794. The second-order valence-corrected chi connectivity index (χ2v) is 7.13.